The highest BCUT2D eigenvalue weighted by atomic mass is 32.2. The van der Waals surface area contributed by atoms with Gasteiger partial charge in [0.1, 0.15) is 5.58 Å². The molecule has 0 atom stereocenters. The number of furan rings is 1. The third-order valence-electron chi connectivity index (χ3n) is 14.9. The number of fused-ring (bicyclic) bond motifs is 13. The second-order valence-electron chi connectivity index (χ2n) is 20.0. The maximum absolute atomic E-state index is 7.32. The smallest absolute Gasteiger partial charge is 0.336 e. The first-order chi connectivity index (χ1) is 34.9. The van der Waals surface area contributed by atoms with Crippen LogP contribution in [0, 0.1) is 0 Å². The summed E-state index contributed by atoms with van der Waals surface area (Å²) in [6.07, 6.45) is 0. The molecule has 10 aromatic carbocycles. The molecule has 336 valence electrons. The number of hydrogen-bond donors (Lipinski definition) is 0. The number of hydrogen-bond acceptors (Lipinski definition) is 5. The van der Waals surface area contributed by atoms with Crippen molar-refractivity contribution in [1.29, 1.82) is 0 Å². The van der Waals surface area contributed by atoms with Crippen molar-refractivity contribution in [2.45, 2.75) is 45.8 Å². The zero-order valence-corrected chi connectivity index (χ0v) is 41.0. The molecule has 0 radical (unpaired) electrons. The molecule has 0 amide bonds. The summed E-state index contributed by atoms with van der Waals surface area (Å²) in [7, 11) is 0. The van der Waals surface area contributed by atoms with E-state index in [4.69, 9.17) is 4.42 Å². The lowest BCUT2D eigenvalue weighted by Crippen LogP contribution is -2.56. The van der Waals surface area contributed by atoms with E-state index >= 15 is 0 Å². The Morgan fingerprint density at radius 2 is 1.14 bits per heavy atom. The molecule has 3 aliphatic rings. The predicted molar refractivity (Wildman–Crippen MR) is 301 cm³/mol. The van der Waals surface area contributed by atoms with Crippen molar-refractivity contribution >= 4 is 119 Å². The van der Waals surface area contributed by atoms with E-state index in [1.165, 1.54) is 91.4 Å². The van der Waals surface area contributed by atoms with Gasteiger partial charge in [0, 0.05) is 64.2 Å². The molecule has 0 N–H and O–H groups in total. The summed E-state index contributed by atoms with van der Waals surface area (Å²) in [5.74, 6) is 0. The summed E-state index contributed by atoms with van der Waals surface area (Å²) in [6.45, 7) is 6.71. The number of rotatable bonds is 5. The van der Waals surface area contributed by atoms with Crippen molar-refractivity contribution in [1.82, 2.24) is 4.48 Å². The first-order valence-electron chi connectivity index (χ1n) is 24.4. The van der Waals surface area contributed by atoms with Crippen molar-refractivity contribution in [3.63, 3.8) is 0 Å². The molecule has 0 aliphatic carbocycles. The molecule has 0 unspecified atom stereocenters. The molecule has 4 nitrogen and oxygen atoms in total. The van der Waals surface area contributed by atoms with E-state index in [9.17, 15) is 0 Å². The molecule has 12 aromatic rings. The first-order valence-corrected chi connectivity index (χ1v) is 26.1. The molecule has 15 rings (SSSR count). The Hall–Kier alpha value is -7.84. The Morgan fingerprint density at radius 1 is 0.507 bits per heavy atom. The van der Waals surface area contributed by atoms with Gasteiger partial charge < -0.3 is 18.7 Å². The molecule has 5 heterocycles. The van der Waals surface area contributed by atoms with Gasteiger partial charge in [0.2, 0.25) is 0 Å². The Morgan fingerprint density at radius 3 is 1.86 bits per heavy atom. The van der Waals surface area contributed by atoms with Gasteiger partial charge in [0.05, 0.1) is 22.3 Å². The van der Waals surface area contributed by atoms with Gasteiger partial charge >= 0.3 is 6.85 Å². The van der Waals surface area contributed by atoms with Gasteiger partial charge in [-0.25, -0.2) is 0 Å². The summed E-state index contributed by atoms with van der Waals surface area (Å²) < 4.78 is 9.92. The fraction of sp³-hybridized carbons (Fsp3) is 0.0625. The molecule has 3 aliphatic heterocycles. The molecule has 7 heteroatoms. The van der Waals surface area contributed by atoms with Crippen LogP contribution < -0.4 is 20.7 Å². The molecular formula is C64H44BN3OS2. The molecule has 0 bridgehead atoms. The number of nitrogens with zero attached hydrogens (tertiary/aromatic N) is 3. The van der Waals surface area contributed by atoms with Crippen molar-refractivity contribution in [2.24, 2.45) is 0 Å². The quantitative estimate of drug-likeness (QED) is 0.160. The lowest BCUT2D eigenvalue weighted by Gasteiger charge is -2.42. The maximum atomic E-state index is 7.32. The molecule has 0 saturated heterocycles. The minimum absolute atomic E-state index is 0.0493. The zero-order chi connectivity index (χ0) is 47.1. The highest BCUT2D eigenvalue weighted by Crippen LogP contribution is 2.56. The van der Waals surface area contributed by atoms with Crippen LogP contribution in [0.5, 0.6) is 0 Å². The van der Waals surface area contributed by atoms with Crippen LogP contribution in [0.1, 0.15) is 26.3 Å². The zero-order valence-electron chi connectivity index (χ0n) is 39.4. The lowest BCUT2D eigenvalue weighted by molar-refractivity contribution is 0.590. The monoisotopic (exact) mass is 945 g/mol. The van der Waals surface area contributed by atoms with E-state index in [0.29, 0.717) is 0 Å². The van der Waals surface area contributed by atoms with Crippen molar-refractivity contribution < 1.29 is 4.42 Å². The Balaban J connectivity index is 1.11. The molecule has 0 saturated carbocycles. The topological polar surface area (TPSA) is 24.6 Å². The molecule has 71 heavy (non-hydrogen) atoms. The number of aromatic nitrogens is 1. The predicted octanol–water partition coefficient (Wildman–Crippen LogP) is 17.2. The average molecular weight is 946 g/mol. The van der Waals surface area contributed by atoms with Gasteiger partial charge in [0.25, 0.3) is 0 Å². The van der Waals surface area contributed by atoms with Gasteiger partial charge in [-0.1, -0.05) is 178 Å². The third-order valence-corrected chi connectivity index (χ3v) is 17.5. The SMILES string of the molecule is CC(C)(C)c1ccc(N2c3cc4c(cc3B3c5c2cc2ccccc2c5-c2ccc(N(c5ccccc5)c5ccccc5)c5c6c7ccccc7oc6n3c25)Sc2ccccc2S4)c(-c2ccccc2)c1. The van der Waals surface area contributed by atoms with Gasteiger partial charge in [-0.15, -0.1) is 0 Å². The normalized spacial score (nSPS) is 13.4. The molecule has 0 fully saturated rings. The van der Waals surface area contributed by atoms with E-state index in [2.05, 4.69) is 247 Å². The molecular weight excluding hydrogens is 902 g/mol. The van der Waals surface area contributed by atoms with E-state index in [0.717, 1.165) is 44.8 Å². The number of anilines is 6. The lowest BCUT2D eigenvalue weighted by atomic mass is 9.45. The highest BCUT2D eigenvalue weighted by Gasteiger charge is 2.46. The largest absolute Gasteiger partial charge is 0.441 e. The second kappa shape index (κ2) is 15.3. The van der Waals surface area contributed by atoms with Crippen molar-refractivity contribution in [3.05, 3.63) is 218 Å². The van der Waals surface area contributed by atoms with Crippen LogP contribution >= 0.6 is 23.5 Å². The van der Waals surface area contributed by atoms with Crippen LogP contribution in [0.3, 0.4) is 0 Å². The fourth-order valence-corrected chi connectivity index (χ4v) is 14.1. The van der Waals surface area contributed by atoms with Crippen LogP contribution in [0.4, 0.5) is 34.1 Å². The Labute approximate surface area is 421 Å². The average Bonchev–Trinajstić information content (AvgIpc) is 3.95. The van der Waals surface area contributed by atoms with Gasteiger partial charge in [-0.2, -0.15) is 0 Å². The minimum atomic E-state index is -0.233. The molecule has 2 aromatic heterocycles. The minimum Gasteiger partial charge on any atom is -0.441 e. The van der Waals surface area contributed by atoms with E-state index in [1.807, 2.05) is 23.5 Å². The van der Waals surface area contributed by atoms with Crippen LogP contribution in [0.2, 0.25) is 0 Å². The summed E-state index contributed by atoms with van der Waals surface area (Å²) in [4.78, 5) is 10.2. The molecule has 0 spiro atoms. The summed E-state index contributed by atoms with van der Waals surface area (Å²) in [5, 5.41) is 5.88. The first kappa shape index (κ1) is 41.0. The number of benzene rings is 10. The van der Waals surface area contributed by atoms with Gasteiger partial charge in [-0.05, 0) is 123 Å². The maximum Gasteiger partial charge on any atom is 0.336 e. The second-order valence-corrected chi connectivity index (χ2v) is 22.2. The summed E-state index contributed by atoms with van der Waals surface area (Å²) in [6, 6.07) is 78.6. The van der Waals surface area contributed by atoms with Crippen molar-refractivity contribution in [2.75, 3.05) is 9.80 Å². The van der Waals surface area contributed by atoms with Crippen LogP contribution in [-0.4, -0.2) is 11.3 Å². The van der Waals surface area contributed by atoms with E-state index < -0.39 is 0 Å². The fourth-order valence-electron chi connectivity index (χ4n) is 11.8. The van der Waals surface area contributed by atoms with E-state index in [-0.39, 0.29) is 12.3 Å². The van der Waals surface area contributed by atoms with Gasteiger partial charge in [-0.3, -0.25) is 0 Å². The standard InChI is InChI=1S/C64H44BN3OS2/c1-64(2,3)41-31-33-49(47(36-41)39-19-7-4-8-20-39)67-51-38-57-56(70-54-29-17-18-30-55(54)71-57)37-48(51)65-61-52(67)35-40-21-13-14-26-44(40)58(61)46-32-34-50(66(42-22-9-5-10-23-42)43-24-11-6-12-25-43)60-59-45-27-15-16-28-53(45)69-63(59)68(65)62(46)60/h4-38H,1-3H3. The van der Waals surface area contributed by atoms with Crippen LogP contribution in [-0.2, 0) is 5.41 Å². The number of para-hydroxylation sites is 3. The van der Waals surface area contributed by atoms with Gasteiger partial charge in [0.15, 0.2) is 5.71 Å². The Bertz CT molecular complexity index is 4140. The van der Waals surface area contributed by atoms with Crippen molar-refractivity contribution in [3.8, 4) is 22.3 Å². The summed E-state index contributed by atoms with van der Waals surface area (Å²) in [5.41, 5.74) is 18.4. The van der Waals surface area contributed by atoms with E-state index in [1.54, 1.807) is 0 Å². The van der Waals surface area contributed by atoms with Crippen LogP contribution in [0.15, 0.2) is 236 Å². The highest BCUT2D eigenvalue weighted by molar-refractivity contribution is 8.05. The Kier molecular flexibility index (Phi) is 8.85. The van der Waals surface area contributed by atoms with Crippen LogP contribution in [0.25, 0.3) is 66.0 Å². The summed E-state index contributed by atoms with van der Waals surface area (Å²) >= 11 is 3.77. The third kappa shape index (κ3) is 6.03.